The molecule has 0 aliphatic heterocycles. The lowest BCUT2D eigenvalue weighted by atomic mass is 10.1. The summed E-state index contributed by atoms with van der Waals surface area (Å²) in [7, 11) is 0. The second-order valence-corrected chi connectivity index (χ2v) is 5.70. The Hall–Kier alpha value is -1.88. The third-order valence-electron chi connectivity index (χ3n) is 3.33. The molecular formula is C15H13BrFN3. The normalized spacial score (nSPS) is 11.2. The Balaban J connectivity index is 2.38. The van der Waals surface area contributed by atoms with Gasteiger partial charge in [0.15, 0.2) is 0 Å². The molecule has 0 saturated carbocycles. The molecule has 0 unspecified atom stereocenters. The summed E-state index contributed by atoms with van der Waals surface area (Å²) < 4.78 is 15.8. The highest BCUT2D eigenvalue weighted by molar-refractivity contribution is 9.10. The second kappa shape index (κ2) is 4.59. The number of hydrogen-bond acceptors (Lipinski definition) is 2. The maximum absolute atomic E-state index is 13.6. The number of anilines is 1. The summed E-state index contributed by atoms with van der Waals surface area (Å²) in [5.74, 6) is 0.00862. The van der Waals surface area contributed by atoms with Crippen LogP contribution in [0.15, 0.2) is 34.8 Å². The molecule has 20 heavy (non-hydrogen) atoms. The molecule has 0 fully saturated rings. The van der Waals surface area contributed by atoms with E-state index in [9.17, 15) is 4.39 Å². The number of nitrogen functional groups attached to an aromatic ring is 1. The molecule has 1 aromatic heterocycles. The lowest BCUT2D eigenvalue weighted by molar-refractivity contribution is 0.623. The molecule has 0 bridgehead atoms. The number of benzene rings is 2. The quantitative estimate of drug-likeness (QED) is 0.727. The van der Waals surface area contributed by atoms with E-state index in [0.717, 1.165) is 22.3 Å². The van der Waals surface area contributed by atoms with Crippen molar-refractivity contribution in [3.05, 3.63) is 51.7 Å². The minimum absolute atomic E-state index is 0.344. The van der Waals surface area contributed by atoms with Crippen LogP contribution in [0.2, 0.25) is 0 Å². The molecule has 1 heterocycles. The van der Waals surface area contributed by atoms with Crippen LogP contribution < -0.4 is 5.73 Å². The topological polar surface area (TPSA) is 43.8 Å². The Kier molecular flexibility index (Phi) is 3.01. The van der Waals surface area contributed by atoms with E-state index in [0.29, 0.717) is 15.9 Å². The van der Waals surface area contributed by atoms with Crippen LogP contribution in [0.25, 0.3) is 16.7 Å². The monoisotopic (exact) mass is 333 g/mol. The van der Waals surface area contributed by atoms with Crippen molar-refractivity contribution in [1.29, 1.82) is 0 Å². The van der Waals surface area contributed by atoms with Gasteiger partial charge < -0.3 is 5.73 Å². The average Bonchev–Trinajstić information content (AvgIpc) is 2.69. The van der Waals surface area contributed by atoms with Gasteiger partial charge in [0.1, 0.15) is 5.82 Å². The zero-order valence-corrected chi connectivity index (χ0v) is 12.7. The first-order valence-electron chi connectivity index (χ1n) is 6.18. The summed E-state index contributed by atoms with van der Waals surface area (Å²) in [5, 5.41) is 0. The number of fused-ring (bicyclic) bond motifs is 1. The van der Waals surface area contributed by atoms with E-state index in [1.165, 1.54) is 6.07 Å². The summed E-state index contributed by atoms with van der Waals surface area (Å²) in [6.07, 6.45) is 0. The lowest BCUT2D eigenvalue weighted by Gasteiger charge is -2.11. The van der Waals surface area contributed by atoms with Crippen molar-refractivity contribution in [3.8, 4) is 5.69 Å². The van der Waals surface area contributed by atoms with Gasteiger partial charge in [-0.3, -0.25) is 4.57 Å². The Morgan fingerprint density at radius 3 is 2.70 bits per heavy atom. The molecule has 0 radical (unpaired) electrons. The SMILES string of the molecule is Cc1ccc(C)c(-n2c(N)nc3cc(F)c(Br)cc32)c1. The van der Waals surface area contributed by atoms with E-state index in [4.69, 9.17) is 5.73 Å². The largest absolute Gasteiger partial charge is 0.369 e. The standard InChI is InChI=1S/C15H13BrFN3/c1-8-3-4-9(2)13(5-8)20-14-6-10(16)11(17)7-12(14)19-15(20)18/h3-7H,1-2H3,(H2,18,19). The number of aryl methyl sites for hydroxylation is 2. The van der Waals surface area contributed by atoms with E-state index in [2.05, 4.69) is 20.9 Å². The number of aromatic nitrogens is 2. The molecule has 0 aliphatic rings. The fourth-order valence-corrected chi connectivity index (χ4v) is 2.64. The first kappa shape index (κ1) is 13.1. The van der Waals surface area contributed by atoms with Crippen molar-refractivity contribution in [2.24, 2.45) is 0 Å². The fourth-order valence-electron chi connectivity index (χ4n) is 2.30. The molecular weight excluding hydrogens is 321 g/mol. The molecule has 2 aromatic carbocycles. The number of nitrogens with two attached hydrogens (primary N) is 1. The van der Waals surface area contributed by atoms with Gasteiger partial charge in [0, 0.05) is 6.07 Å². The molecule has 3 nitrogen and oxygen atoms in total. The molecule has 0 saturated heterocycles. The van der Waals surface area contributed by atoms with Crippen molar-refractivity contribution in [2.75, 3.05) is 5.73 Å². The highest BCUT2D eigenvalue weighted by Crippen LogP contribution is 2.29. The third-order valence-corrected chi connectivity index (χ3v) is 3.94. The summed E-state index contributed by atoms with van der Waals surface area (Å²) in [6, 6.07) is 9.22. The molecule has 0 atom stereocenters. The maximum Gasteiger partial charge on any atom is 0.205 e. The van der Waals surface area contributed by atoms with Gasteiger partial charge in [-0.2, -0.15) is 0 Å². The zero-order chi connectivity index (χ0) is 14.4. The Labute approximate surface area is 124 Å². The molecule has 0 spiro atoms. The fraction of sp³-hybridized carbons (Fsp3) is 0.133. The van der Waals surface area contributed by atoms with Crippen LogP contribution in [-0.4, -0.2) is 9.55 Å². The van der Waals surface area contributed by atoms with Gasteiger partial charge >= 0.3 is 0 Å². The van der Waals surface area contributed by atoms with E-state index in [-0.39, 0.29) is 5.82 Å². The van der Waals surface area contributed by atoms with Gasteiger partial charge in [-0.25, -0.2) is 9.37 Å². The highest BCUT2D eigenvalue weighted by atomic mass is 79.9. The van der Waals surface area contributed by atoms with Crippen LogP contribution in [0.5, 0.6) is 0 Å². The Morgan fingerprint density at radius 1 is 1.20 bits per heavy atom. The van der Waals surface area contributed by atoms with Crippen LogP contribution in [0.3, 0.4) is 0 Å². The summed E-state index contributed by atoms with van der Waals surface area (Å²) in [6.45, 7) is 4.03. The van der Waals surface area contributed by atoms with Crippen LogP contribution in [0, 0.1) is 19.7 Å². The number of rotatable bonds is 1. The molecule has 5 heteroatoms. The van der Waals surface area contributed by atoms with E-state index in [1.54, 1.807) is 6.07 Å². The van der Waals surface area contributed by atoms with Gasteiger partial charge in [0.25, 0.3) is 0 Å². The van der Waals surface area contributed by atoms with Crippen LogP contribution >= 0.6 is 15.9 Å². The molecule has 2 N–H and O–H groups in total. The minimum atomic E-state index is -0.344. The summed E-state index contributed by atoms with van der Waals surface area (Å²) in [4.78, 5) is 4.24. The van der Waals surface area contributed by atoms with E-state index >= 15 is 0 Å². The van der Waals surface area contributed by atoms with Crippen LogP contribution in [0.1, 0.15) is 11.1 Å². The van der Waals surface area contributed by atoms with Crippen LogP contribution in [-0.2, 0) is 0 Å². The van der Waals surface area contributed by atoms with Crippen molar-refractivity contribution < 1.29 is 4.39 Å². The maximum atomic E-state index is 13.6. The predicted octanol–water partition coefficient (Wildman–Crippen LogP) is 4.13. The molecule has 102 valence electrons. The average molecular weight is 334 g/mol. The number of halogens is 2. The van der Waals surface area contributed by atoms with Gasteiger partial charge in [-0.05, 0) is 53.0 Å². The predicted molar refractivity (Wildman–Crippen MR) is 82.6 cm³/mol. The van der Waals surface area contributed by atoms with Gasteiger partial charge in [-0.1, -0.05) is 12.1 Å². The molecule has 3 rings (SSSR count). The molecule has 3 aromatic rings. The highest BCUT2D eigenvalue weighted by Gasteiger charge is 2.14. The van der Waals surface area contributed by atoms with Gasteiger partial charge in [-0.15, -0.1) is 0 Å². The third kappa shape index (κ3) is 1.98. The number of imidazole rings is 1. The first-order valence-corrected chi connectivity index (χ1v) is 6.97. The zero-order valence-electron chi connectivity index (χ0n) is 11.1. The number of hydrogen-bond donors (Lipinski definition) is 1. The molecule has 0 aliphatic carbocycles. The Bertz CT molecular complexity index is 824. The Morgan fingerprint density at radius 2 is 1.95 bits per heavy atom. The van der Waals surface area contributed by atoms with Crippen LogP contribution in [0.4, 0.5) is 10.3 Å². The van der Waals surface area contributed by atoms with Crippen molar-refractivity contribution in [3.63, 3.8) is 0 Å². The van der Waals surface area contributed by atoms with Crippen molar-refractivity contribution >= 4 is 32.9 Å². The minimum Gasteiger partial charge on any atom is -0.369 e. The molecule has 0 amide bonds. The van der Waals surface area contributed by atoms with Crippen molar-refractivity contribution in [2.45, 2.75) is 13.8 Å². The first-order chi connectivity index (χ1) is 9.47. The summed E-state index contributed by atoms with van der Waals surface area (Å²) in [5.41, 5.74) is 10.5. The summed E-state index contributed by atoms with van der Waals surface area (Å²) >= 11 is 3.21. The van der Waals surface area contributed by atoms with Gasteiger partial charge in [0.2, 0.25) is 5.95 Å². The second-order valence-electron chi connectivity index (χ2n) is 4.85. The lowest BCUT2D eigenvalue weighted by Crippen LogP contribution is -2.03. The van der Waals surface area contributed by atoms with E-state index < -0.39 is 0 Å². The number of nitrogens with zero attached hydrogens (tertiary/aromatic N) is 2. The smallest absolute Gasteiger partial charge is 0.205 e. The van der Waals surface area contributed by atoms with Crippen molar-refractivity contribution in [1.82, 2.24) is 9.55 Å². The van der Waals surface area contributed by atoms with E-state index in [1.807, 2.05) is 36.6 Å². The van der Waals surface area contributed by atoms with Gasteiger partial charge in [0.05, 0.1) is 21.2 Å².